The van der Waals surface area contributed by atoms with Crippen LogP contribution in [0.15, 0.2) is 78.9 Å². The number of aliphatic carboxylic acids is 1. The molecule has 4 amide bonds. The molecule has 50 heavy (non-hydrogen) atoms. The minimum absolute atomic E-state index is 0.0214. The summed E-state index contributed by atoms with van der Waals surface area (Å²) >= 11 is 2.10. The van der Waals surface area contributed by atoms with Gasteiger partial charge in [-0.1, -0.05) is 68.4 Å². The van der Waals surface area contributed by atoms with Crippen LogP contribution in [-0.4, -0.2) is 77.6 Å². The maximum Gasteiger partial charge on any atom is 0.415 e. The molecule has 2 atom stereocenters. The van der Waals surface area contributed by atoms with Gasteiger partial charge in [0.1, 0.15) is 23.6 Å². The van der Waals surface area contributed by atoms with Crippen molar-refractivity contribution in [3.05, 3.63) is 93.6 Å². The lowest BCUT2D eigenvalue weighted by molar-refractivity contribution is -0.142. The maximum atomic E-state index is 13.2. The Balaban J connectivity index is 1.24. The Labute approximate surface area is 305 Å². The molecule has 3 aromatic rings. The number of piperidine rings is 1. The Kier molecular flexibility index (Phi) is 14.4. The smallest absolute Gasteiger partial charge is 0.415 e. The summed E-state index contributed by atoms with van der Waals surface area (Å²) in [6, 6.07) is 20.9. The van der Waals surface area contributed by atoms with Gasteiger partial charge < -0.3 is 35.4 Å². The number of carbonyl (C=O) groups excluding carboxylic acids is 4. The normalized spacial score (nSPS) is 14.3. The molecule has 1 aliphatic rings. The van der Waals surface area contributed by atoms with E-state index >= 15 is 0 Å². The molecule has 12 nitrogen and oxygen atoms in total. The number of ether oxygens (including phenoxy) is 2. The van der Waals surface area contributed by atoms with Crippen molar-refractivity contribution in [3.63, 3.8) is 0 Å². The van der Waals surface area contributed by atoms with E-state index in [4.69, 9.17) is 9.47 Å². The van der Waals surface area contributed by atoms with E-state index < -0.39 is 36.0 Å². The van der Waals surface area contributed by atoms with Crippen LogP contribution < -0.4 is 25.4 Å². The van der Waals surface area contributed by atoms with Gasteiger partial charge in [-0.15, -0.1) is 0 Å². The van der Waals surface area contributed by atoms with E-state index in [0.29, 0.717) is 55.8 Å². The van der Waals surface area contributed by atoms with Crippen molar-refractivity contribution >= 4 is 52.4 Å². The molecule has 1 aliphatic heterocycles. The average Bonchev–Trinajstić information content (AvgIpc) is 3.08. The fourth-order valence-electron chi connectivity index (χ4n) is 5.48. The van der Waals surface area contributed by atoms with E-state index in [-0.39, 0.29) is 30.9 Å². The van der Waals surface area contributed by atoms with Crippen LogP contribution in [0.25, 0.3) is 0 Å². The van der Waals surface area contributed by atoms with Crippen LogP contribution in [0, 0.1) is 9.49 Å². The standard InChI is InChI=1S/C37H43IN4O8/c1-24(2)20-30(40-34(44)23-49-32-11-7-6-10-29(32)38)35(45)41-31(36(46)47)21-26-12-14-28(15-13-26)50-37(48)42-18-16-27(17-19-42)39-33(43)22-25-8-4-3-5-9-25/h3-15,24,27,30-31H,16-23H2,1-2H3,(H,39,43)(H,40,44)(H,41,45)(H,46,47)/t30-,31-/m0/s1. The molecule has 1 saturated heterocycles. The summed E-state index contributed by atoms with van der Waals surface area (Å²) in [7, 11) is 0. The van der Waals surface area contributed by atoms with E-state index in [1.807, 2.05) is 56.3 Å². The van der Waals surface area contributed by atoms with Crippen molar-refractivity contribution in [2.75, 3.05) is 19.7 Å². The van der Waals surface area contributed by atoms with Crippen molar-refractivity contribution in [2.45, 2.75) is 64.1 Å². The van der Waals surface area contributed by atoms with Gasteiger partial charge in [0, 0.05) is 25.6 Å². The zero-order valence-electron chi connectivity index (χ0n) is 28.1. The minimum atomic E-state index is -1.26. The van der Waals surface area contributed by atoms with Gasteiger partial charge in [0.2, 0.25) is 11.8 Å². The molecule has 0 radical (unpaired) electrons. The first kappa shape index (κ1) is 38.1. The van der Waals surface area contributed by atoms with Crippen molar-refractivity contribution < 1.29 is 38.6 Å². The Morgan fingerprint density at radius 2 is 1.50 bits per heavy atom. The summed E-state index contributed by atoms with van der Waals surface area (Å²) < 4.78 is 12.0. The summed E-state index contributed by atoms with van der Waals surface area (Å²) in [5.41, 5.74) is 1.54. The molecule has 266 valence electrons. The fraction of sp³-hybridized carbons (Fsp3) is 0.378. The first-order valence-corrected chi connectivity index (χ1v) is 17.6. The SMILES string of the molecule is CC(C)C[C@H](NC(=O)COc1ccccc1I)C(=O)N[C@@H](Cc1ccc(OC(=O)N2CCC(NC(=O)Cc3ccccc3)CC2)cc1)C(=O)O. The highest BCUT2D eigenvalue weighted by Gasteiger charge is 2.28. The molecule has 3 aromatic carbocycles. The summed E-state index contributed by atoms with van der Waals surface area (Å²) in [6.45, 7) is 4.37. The Bertz CT molecular complexity index is 1610. The largest absolute Gasteiger partial charge is 0.483 e. The van der Waals surface area contributed by atoms with Crippen molar-refractivity contribution in [1.82, 2.24) is 20.9 Å². The van der Waals surface area contributed by atoms with E-state index in [2.05, 4.69) is 38.5 Å². The first-order chi connectivity index (χ1) is 24.0. The number of amides is 4. The summed E-state index contributed by atoms with van der Waals surface area (Å²) in [5.74, 6) is -1.52. The highest BCUT2D eigenvalue weighted by molar-refractivity contribution is 14.1. The molecule has 0 unspecified atom stereocenters. The van der Waals surface area contributed by atoms with E-state index in [1.165, 1.54) is 0 Å². The lowest BCUT2D eigenvalue weighted by Gasteiger charge is -2.31. The number of nitrogens with one attached hydrogen (secondary N) is 3. The number of para-hydroxylation sites is 1. The number of carboxylic acids is 1. The number of nitrogens with zero attached hydrogens (tertiary/aromatic N) is 1. The summed E-state index contributed by atoms with van der Waals surface area (Å²) in [6.07, 6.45) is 1.29. The highest BCUT2D eigenvalue weighted by Crippen LogP contribution is 2.20. The second kappa shape index (κ2) is 18.9. The van der Waals surface area contributed by atoms with Crippen LogP contribution in [0.2, 0.25) is 0 Å². The number of hydrogen-bond donors (Lipinski definition) is 4. The van der Waals surface area contributed by atoms with Gasteiger partial charge in [0.15, 0.2) is 6.61 Å². The van der Waals surface area contributed by atoms with Crippen LogP contribution in [0.5, 0.6) is 11.5 Å². The van der Waals surface area contributed by atoms with Crippen LogP contribution in [0.3, 0.4) is 0 Å². The van der Waals surface area contributed by atoms with Crippen molar-refractivity contribution in [1.29, 1.82) is 0 Å². The molecule has 0 aliphatic carbocycles. The fourth-order valence-corrected chi connectivity index (χ4v) is 6.02. The second-order valence-corrected chi connectivity index (χ2v) is 13.7. The number of carbonyl (C=O) groups is 5. The molecule has 0 saturated carbocycles. The van der Waals surface area contributed by atoms with Crippen molar-refractivity contribution in [3.8, 4) is 11.5 Å². The zero-order valence-corrected chi connectivity index (χ0v) is 30.3. The minimum Gasteiger partial charge on any atom is -0.483 e. The number of benzene rings is 3. The molecule has 1 heterocycles. The average molecular weight is 799 g/mol. The second-order valence-electron chi connectivity index (χ2n) is 12.6. The van der Waals surface area contributed by atoms with E-state index in [1.54, 1.807) is 41.3 Å². The monoisotopic (exact) mass is 798 g/mol. The lowest BCUT2D eigenvalue weighted by atomic mass is 10.0. The summed E-state index contributed by atoms with van der Waals surface area (Å²) in [4.78, 5) is 64.8. The molecular weight excluding hydrogens is 755 g/mol. The van der Waals surface area contributed by atoms with Gasteiger partial charge in [-0.2, -0.15) is 0 Å². The van der Waals surface area contributed by atoms with Crippen LogP contribution >= 0.6 is 22.6 Å². The molecule has 0 bridgehead atoms. The number of likely N-dealkylation sites (tertiary alicyclic amines) is 1. The van der Waals surface area contributed by atoms with Gasteiger partial charge in [0.25, 0.3) is 5.91 Å². The van der Waals surface area contributed by atoms with Crippen LogP contribution in [-0.2, 0) is 32.0 Å². The number of carboxylic acid groups (broad SMARTS) is 1. The third-order valence-electron chi connectivity index (χ3n) is 8.06. The van der Waals surface area contributed by atoms with Gasteiger partial charge in [-0.25, -0.2) is 9.59 Å². The van der Waals surface area contributed by atoms with E-state index in [9.17, 15) is 29.1 Å². The van der Waals surface area contributed by atoms with Gasteiger partial charge in [-0.05, 0) is 83.2 Å². The number of hydrogen-bond acceptors (Lipinski definition) is 7. The van der Waals surface area contributed by atoms with Gasteiger partial charge in [0.05, 0.1) is 9.99 Å². The lowest BCUT2D eigenvalue weighted by Crippen LogP contribution is -2.53. The number of rotatable bonds is 15. The predicted molar refractivity (Wildman–Crippen MR) is 195 cm³/mol. The third-order valence-corrected chi connectivity index (χ3v) is 8.95. The van der Waals surface area contributed by atoms with Gasteiger partial charge >= 0.3 is 12.1 Å². The zero-order chi connectivity index (χ0) is 36.0. The van der Waals surface area contributed by atoms with Gasteiger partial charge in [-0.3, -0.25) is 14.4 Å². The van der Waals surface area contributed by atoms with E-state index in [0.717, 1.165) is 9.13 Å². The molecule has 1 fully saturated rings. The third kappa shape index (κ3) is 12.3. The molecule has 0 aromatic heterocycles. The van der Waals surface area contributed by atoms with Crippen molar-refractivity contribution in [2.24, 2.45) is 5.92 Å². The number of halogens is 1. The Morgan fingerprint density at radius 1 is 0.840 bits per heavy atom. The molecule has 4 N–H and O–H groups in total. The summed E-state index contributed by atoms with van der Waals surface area (Å²) in [5, 5.41) is 18.2. The maximum absolute atomic E-state index is 13.2. The van der Waals surface area contributed by atoms with Crippen LogP contribution in [0.4, 0.5) is 4.79 Å². The molecule has 0 spiro atoms. The Morgan fingerprint density at radius 3 is 2.14 bits per heavy atom. The molecule has 4 rings (SSSR count). The molecule has 13 heteroatoms. The molecular formula is C37H43IN4O8. The first-order valence-electron chi connectivity index (χ1n) is 16.6. The predicted octanol–water partition coefficient (Wildman–Crippen LogP) is 4.34. The highest BCUT2D eigenvalue weighted by atomic mass is 127. The quantitative estimate of drug-likeness (QED) is 0.165. The Hall–Kier alpha value is -4.66. The topological polar surface area (TPSA) is 163 Å². The van der Waals surface area contributed by atoms with Crippen LogP contribution in [0.1, 0.15) is 44.2 Å².